The summed E-state index contributed by atoms with van der Waals surface area (Å²) in [5.41, 5.74) is 6.28. The maximum absolute atomic E-state index is 14.5. The number of hydrogen-bond donors (Lipinski definition) is 4. The van der Waals surface area contributed by atoms with E-state index < -0.39 is 41.0 Å². The zero-order chi connectivity index (χ0) is 44.7. The number of urea groups is 1. The minimum atomic E-state index is -2.21. The Hall–Kier alpha value is -4.94. The van der Waals surface area contributed by atoms with Gasteiger partial charge in [-0.2, -0.15) is 5.43 Å². The van der Waals surface area contributed by atoms with Crippen molar-refractivity contribution in [2.45, 2.75) is 97.7 Å². The number of aromatic nitrogens is 3. The molecule has 0 unspecified atom stereocenters. The molecule has 3 aliphatic heterocycles. The Bertz CT molecular complexity index is 2320. The van der Waals surface area contributed by atoms with Gasteiger partial charge in [0.05, 0.1) is 34.8 Å². The molecular formula is C45H60N8O8S. The lowest BCUT2D eigenvalue weighted by Crippen LogP contribution is -2.67. The lowest BCUT2D eigenvalue weighted by atomic mass is 9.84. The van der Waals surface area contributed by atoms with Crippen molar-refractivity contribution in [1.29, 1.82) is 0 Å². The molecule has 2 saturated heterocycles. The number of hydrogen-bond acceptors (Lipinski definition) is 12. The normalized spacial score (nSPS) is 21.9. The molecule has 1 aromatic carbocycles. The number of likely N-dealkylation sites (N-methyl/N-ethyl adjacent to an activating group) is 1. The van der Waals surface area contributed by atoms with Gasteiger partial charge in [0.15, 0.2) is 0 Å². The molecule has 4 N–H and O–H groups in total. The Morgan fingerprint density at radius 3 is 2.63 bits per heavy atom. The summed E-state index contributed by atoms with van der Waals surface area (Å²) >= 11 is 1.36. The van der Waals surface area contributed by atoms with Crippen LogP contribution in [0.25, 0.3) is 33.4 Å². The molecule has 6 bridgehead atoms. The number of methoxy groups -OCH3 is 1. The Morgan fingerprint density at radius 2 is 1.94 bits per heavy atom. The predicted octanol–water partition coefficient (Wildman–Crippen LogP) is 4.52. The SMILES string of the molecule is CCn1c(-c2cccnc2[C@H](C)OC)c2c3cc(ccc31)-c1csc(n1)C[C@H](NC(=O)[C@H](C(C)C)N(C)C(=O)N1CC(CO)C1)C(=O)N1CCC[C@@](O)(N1)C(=O)OCC(C)(C)C2. The minimum Gasteiger partial charge on any atom is -0.462 e. The number of rotatable bonds is 9. The van der Waals surface area contributed by atoms with Gasteiger partial charge in [0, 0.05) is 105 Å². The van der Waals surface area contributed by atoms with E-state index in [1.165, 1.54) is 21.2 Å². The van der Waals surface area contributed by atoms with Crippen LogP contribution in [0.1, 0.15) is 76.8 Å². The van der Waals surface area contributed by atoms with Crippen LogP contribution in [-0.2, 0) is 43.2 Å². The Kier molecular flexibility index (Phi) is 13.1. The molecule has 7 rings (SSSR count). The number of fused-ring (bicyclic) bond motifs is 6. The second-order valence-electron chi connectivity index (χ2n) is 18.0. The highest BCUT2D eigenvalue weighted by molar-refractivity contribution is 7.10. The van der Waals surface area contributed by atoms with Gasteiger partial charge < -0.3 is 39.4 Å². The largest absolute Gasteiger partial charge is 0.462 e. The molecular weight excluding hydrogens is 813 g/mol. The number of ether oxygens (including phenoxy) is 2. The molecule has 0 spiro atoms. The topological polar surface area (TPSA) is 192 Å². The molecule has 0 aliphatic carbocycles. The Morgan fingerprint density at radius 1 is 1.18 bits per heavy atom. The number of aliphatic hydroxyl groups is 2. The Balaban J connectivity index is 1.30. The summed E-state index contributed by atoms with van der Waals surface area (Å²) in [5, 5.41) is 28.9. The molecule has 2 fully saturated rings. The molecule has 16 nitrogen and oxygen atoms in total. The molecule has 62 heavy (non-hydrogen) atoms. The molecule has 3 aliphatic rings. The number of pyridine rings is 1. The highest BCUT2D eigenvalue weighted by atomic mass is 32.1. The number of aliphatic hydroxyl groups excluding tert-OH is 1. The third-order valence-electron chi connectivity index (χ3n) is 12.4. The predicted molar refractivity (Wildman–Crippen MR) is 234 cm³/mol. The fraction of sp³-hybridized carbons (Fsp3) is 0.556. The van der Waals surface area contributed by atoms with Crippen LogP contribution in [0.15, 0.2) is 41.9 Å². The lowest BCUT2D eigenvalue weighted by molar-refractivity contribution is -0.189. The highest BCUT2D eigenvalue weighted by Crippen LogP contribution is 2.42. The van der Waals surface area contributed by atoms with E-state index in [9.17, 15) is 29.4 Å². The zero-order valence-corrected chi connectivity index (χ0v) is 37.8. The molecule has 3 aromatic heterocycles. The number of amides is 4. The zero-order valence-electron chi connectivity index (χ0n) is 36.9. The number of benzene rings is 1. The molecule has 4 amide bonds. The minimum absolute atomic E-state index is 0.00257. The number of thiazole rings is 1. The van der Waals surface area contributed by atoms with Crippen molar-refractivity contribution in [2.75, 3.05) is 47.0 Å². The van der Waals surface area contributed by atoms with Crippen molar-refractivity contribution >= 4 is 46.1 Å². The number of carbonyl (C=O) groups excluding carboxylic acids is 4. The quantitative estimate of drug-likeness (QED) is 0.173. The Labute approximate surface area is 366 Å². The first-order valence-electron chi connectivity index (χ1n) is 21.5. The number of nitrogens with one attached hydrogen (secondary N) is 2. The maximum atomic E-state index is 14.5. The smallest absolute Gasteiger partial charge is 0.355 e. The molecule has 0 saturated carbocycles. The summed E-state index contributed by atoms with van der Waals surface area (Å²) in [6.45, 7) is 13.3. The summed E-state index contributed by atoms with van der Waals surface area (Å²) in [5.74, 6) is -2.36. The van der Waals surface area contributed by atoms with E-state index in [4.69, 9.17) is 19.4 Å². The molecule has 17 heteroatoms. The van der Waals surface area contributed by atoms with Crippen LogP contribution in [0.3, 0.4) is 0 Å². The number of hydrazine groups is 1. The van der Waals surface area contributed by atoms with Crippen LogP contribution < -0.4 is 10.7 Å². The van der Waals surface area contributed by atoms with Crippen molar-refractivity contribution in [1.82, 2.24) is 40.1 Å². The fourth-order valence-corrected chi connectivity index (χ4v) is 9.82. The fourth-order valence-electron chi connectivity index (χ4n) is 8.97. The van der Waals surface area contributed by atoms with Crippen LogP contribution >= 0.6 is 11.3 Å². The number of aryl methyl sites for hydroxylation is 1. The van der Waals surface area contributed by atoms with Gasteiger partial charge in [0.25, 0.3) is 5.91 Å². The first-order chi connectivity index (χ1) is 29.5. The van der Waals surface area contributed by atoms with E-state index >= 15 is 0 Å². The molecule has 4 atom stereocenters. The second-order valence-corrected chi connectivity index (χ2v) is 19.0. The van der Waals surface area contributed by atoms with Gasteiger partial charge >= 0.3 is 12.0 Å². The third kappa shape index (κ3) is 8.82. The average Bonchev–Trinajstić information content (AvgIpc) is 3.82. The summed E-state index contributed by atoms with van der Waals surface area (Å²) in [4.78, 5) is 68.9. The summed E-state index contributed by atoms with van der Waals surface area (Å²) in [7, 11) is 3.23. The summed E-state index contributed by atoms with van der Waals surface area (Å²) in [6.07, 6.45) is 2.26. The molecule has 6 heterocycles. The van der Waals surface area contributed by atoms with Gasteiger partial charge in [-0.05, 0) is 62.4 Å². The van der Waals surface area contributed by atoms with Crippen molar-refractivity contribution in [3.63, 3.8) is 0 Å². The third-order valence-corrected chi connectivity index (χ3v) is 13.2. The number of nitrogens with zero attached hydrogens (tertiary/aromatic N) is 6. The highest BCUT2D eigenvalue weighted by Gasteiger charge is 2.46. The van der Waals surface area contributed by atoms with Gasteiger partial charge in [-0.3, -0.25) is 19.6 Å². The first kappa shape index (κ1) is 45.1. The molecule has 4 aromatic rings. The van der Waals surface area contributed by atoms with Crippen LogP contribution in [0.2, 0.25) is 0 Å². The second kappa shape index (κ2) is 18.0. The van der Waals surface area contributed by atoms with Crippen LogP contribution in [-0.4, -0.2) is 128 Å². The monoisotopic (exact) mass is 872 g/mol. The van der Waals surface area contributed by atoms with Gasteiger partial charge in [-0.1, -0.05) is 33.8 Å². The van der Waals surface area contributed by atoms with Crippen molar-refractivity contribution in [3.05, 3.63) is 58.2 Å². The van der Waals surface area contributed by atoms with Gasteiger partial charge in [-0.15, -0.1) is 11.3 Å². The van der Waals surface area contributed by atoms with E-state index in [1.54, 1.807) is 25.3 Å². The van der Waals surface area contributed by atoms with Gasteiger partial charge in [-0.25, -0.2) is 14.6 Å². The van der Waals surface area contributed by atoms with E-state index in [2.05, 4.69) is 40.4 Å². The molecule has 334 valence electrons. The van der Waals surface area contributed by atoms with Crippen LogP contribution in [0, 0.1) is 17.3 Å². The number of likely N-dealkylation sites (tertiary alicyclic amines) is 1. The van der Waals surface area contributed by atoms with Crippen molar-refractivity contribution < 1.29 is 38.9 Å². The van der Waals surface area contributed by atoms with Gasteiger partial charge in [0.1, 0.15) is 12.1 Å². The van der Waals surface area contributed by atoms with E-state index in [-0.39, 0.29) is 63.0 Å². The van der Waals surface area contributed by atoms with Crippen LogP contribution in [0.5, 0.6) is 0 Å². The number of carbonyl (C=O) groups is 4. The maximum Gasteiger partial charge on any atom is 0.355 e. The van der Waals surface area contributed by atoms with E-state index in [0.29, 0.717) is 36.8 Å². The first-order valence-corrected chi connectivity index (χ1v) is 22.4. The van der Waals surface area contributed by atoms with Gasteiger partial charge in [0.2, 0.25) is 11.6 Å². The van der Waals surface area contributed by atoms with Crippen molar-refractivity contribution in [2.24, 2.45) is 17.3 Å². The standard InChI is InChI=1S/C45H60N8O8S/c1-9-52-35-14-13-29-18-31(35)32(39(52)30-12-10-16-46-37(30)27(4)60-8)20-44(5,6)25-61-42(57)45(59)15-11-17-53(49-45)41(56)33(19-36-47-34(29)24-62-36)48-40(55)38(26(2)3)50(7)43(58)51-21-28(22-51)23-54/h10,12-14,16,18,24,26-28,33,38,49,54,59H,9,11,15,17,19-23,25H2,1-8H3,(H,48,55)/t27-,33-,38-,45-/m0/s1. The van der Waals surface area contributed by atoms with E-state index in [0.717, 1.165) is 39.0 Å². The van der Waals surface area contributed by atoms with Crippen molar-refractivity contribution in [3.8, 4) is 22.5 Å². The number of cyclic esters (lactones) is 1. The van der Waals surface area contributed by atoms with E-state index in [1.807, 2.05) is 52.1 Å². The summed E-state index contributed by atoms with van der Waals surface area (Å²) in [6, 6.07) is 7.78. The van der Waals surface area contributed by atoms with Crippen LogP contribution in [0.4, 0.5) is 4.79 Å². The molecule has 0 radical (unpaired) electrons. The average molecular weight is 873 g/mol. The summed E-state index contributed by atoms with van der Waals surface area (Å²) < 4.78 is 14.0. The lowest BCUT2D eigenvalue weighted by Gasteiger charge is -2.43. The number of esters is 1.